The minimum absolute atomic E-state index is 0.113. The van der Waals surface area contributed by atoms with E-state index in [-0.39, 0.29) is 17.1 Å². The van der Waals surface area contributed by atoms with Crippen LogP contribution in [0.1, 0.15) is 6.92 Å². The highest BCUT2D eigenvalue weighted by Gasteiger charge is 2.18. The summed E-state index contributed by atoms with van der Waals surface area (Å²) in [5.74, 6) is -2.10. The number of nitrogens with zero attached hydrogens (tertiary/aromatic N) is 1. The summed E-state index contributed by atoms with van der Waals surface area (Å²) in [6, 6.07) is 7.94. The summed E-state index contributed by atoms with van der Waals surface area (Å²) in [7, 11) is 0. The van der Waals surface area contributed by atoms with Crippen LogP contribution in [0, 0.1) is 21.7 Å². The second-order valence-corrected chi connectivity index (χ2v) is 4.63. The second kappa shape index (κ2) is 6.82. The lowest BCUT2D eigenvalue weighted by Crippen LogP contribution is -2.30. The molecule has 2 aromatic carbocycles. The van der Waals surface area contributed by atoms with E-state index >= 15 is 0 Å². The van der Waals surface area contributed by atoms with Crippen LogP contribution >= 0.6 is 0 Å². The molecule has 0 spiro atoms. The van der Waals surface area contributed by atoms with Crippen LogP contribution < -0.4 is 10.1 Å². The van der Waals surface area contributed by atoms with Crippen molar-refractivity contribution >= 4 is 17.3 Å². The molecule has 2 aromatic rings. The fourth-order valence-electron chi connectivity index (χ4n) is 1.76. The van der Waals surface area contributed by atoms with Crippen LogP contribution in [0.25, 0.3) is 0 Å². The zero-order valence-electron chi connectivity index (χ0n) is 12.0. The average molecular weight is 322 g/mol. The van der Waals surface area contributed by atoms with E-state index in [1.165, 1.54) is 25.1 Å². The van der Waals surface area contributed by atoms with Crippen LogP contribution in [0.5, 0.6) is 5.75 Å². The van der Waals surface area contributed by atoms with E-state index in [9.17, 15) is 23.7 Å². The SMILES string of the molecule is C[C@H](Oc1cccc([N+](=O)[O-])c1)C(=O)Nc1cc(F)ccc1F. The van der Waals surface area contributed by atoms with Gasteiger partial charge in [0.05, 0.1) is 16.7 Å². The number of nitrogens with one attached hydrogen (secondary N) is 1. The van der Waals surface area contributed by atoms with Gasteiger partial charge in [-0.1, -0.05) is 6.07 Å². The van der Waals surface area contributed by atoms with Gasteiger partial charge < -0.3 is 10.1 Å². The predicted octanol–water partition coefficient (Wildman–Crippen LogP) is 3.28. The van der Waals surface area contributed by atoms with Crippen LogP contribution in [0.4, 0.5) is 20.2 Å². The molecule has 0 heterocycles. The molecule has 0 aromatic heterocycles. The Kier molecular flexibility index (Phi) is 4.85. The van der Waals surface area contributed by atoms with Gasteiger partial charge in [0.25, 0.3) is 11.6 Å². The molecule has 120 valence electrons. The van der Waals surface area contributed by atoms with Gasteiger partial charge in [-0.05, 0) is 25.1 Å². The summed E-state index contributed by atoms with van der Waals surface area (Å²) >= 11 is 0. The van der Waals surface area contributed by atoms with Crippen molar-refractivity contribution in [3.63, 3.8) is 0 Å². The minimum Gasteiger partial charge on any atom is -0.481 e. The number of ether oxygens (including phenoxy) is 1. The summed E-state index contributed by atoms with van der Waals surface area (Å²) in [5.41, 5.74) is -0.504. The molecule has 6 nitrogen and oxygen atoms in total. The van der Waals surface area contributed by atoms with Gasteiger partial charge in [0.1, 0.15) is 17.4 Å². The molecule has 0 saturated heterocycles. The van der Waals surface area contributed by atoms with Gasteiger partial charge in [0.15, 0.2) is 6.10 Å². The topological polar surface area (TPSA) is 81.5 Å². The molecular formula is C15H12F2N2O4. The number of anilines is 1. The fraction of sp³-hybridized carbons (Fsp3) is 0.133. The van der Waals surface area contributed by atoms with Crippen molar-refractivity contribution in [2.45, 2.75) is 13.0 Å². The number of carbonyl (C=O) groups excluding carboxylic acids is 1. The standard InChI is InChI=1S/C15H12F2N2O4/c1-9(23-12-4-2-3-11(8-12)19(21)22)15(20)18-14-7-10(16)5-6-13(14)17/h2-9H,1H3,(H,18,20)/t9-/m0/s1. The molecule has 0 saturated carbocycles. The first kappa shape index (κ1) is 16.3. The van der Waals surface area contributed by atoms with E-state index in [0.717, 1.165) is 24.3 Å². The van der Waals surface area contributed by atoms with Crippen molar-refractivity contribution in [3.05, 3.63) is 64.2 Å². The second-order valence-electron chi connectivity index (χ2n) is 4.63. The van der Waals surface area contributed by atoms with Crippen LogP contribution in [0.15, 0.2) is 42.5 Å². The predicted molar refractivity (Wildman–Crippen MR) is 78.2 cm³/mol. The Morgan fingerprint density at radius 3 is 2.70 bits per heavy atom. The first-order chi connectivity index (χ1) is 10.9. The Morgan fingerprint density at radius 2 is 2.00 bits per heavy atom. The van der Waals surface area contributed by atoms with Gasteiger partial charge in [-0.15, -0.1) is 0 Å². The van der Waals surface area contributed by atoms with Crippen molar-refractivity contribution in [1.29, 1.82) is 0 Å². The minimum atomic E-state index is -1.07. The lowest BCUT2D eigenvalue weighted by molar-refractivity contribution is -0.384. The van der Waals surface area contributed by atoms with Gasteiger partial charge in [0.2, 0.25) is 0 Å². The number of amides is 1. The van der Waals surface area contributed by atoms with Crippen molar-refractivity contribution in [2.75, 3.05) is 5.32 Å². The first-order valence-corrected chi connectivity index (χ1v) is 6.54. The molecule has 0 unspecified atom stereocenters. The van der Waals surface area contributed by atoms with E-state index in [1.807, 2.05) is 0 Å². The Balaban J connectivity index is 2.07. The fourth-order valence-corrected chi connectivity index (χ4v) is 1.76. The molecular weight excluding hydrogens is 310 g/mol. The number of hydrogen-bond donors (Lipinski definition) is 1. The molecule has 0 aliphatic heterocycles. The third kappa shape index (κ3) is 4.22. The molecule has 0 aliphatic rings. The van der Waals surface area contributed by atoms with E-state index in [0.29, 0.717) is 0 Å². The highest BCUT2D eigenvalue weighted by Crippen LogP contribution is 2.21. The number of nitro groups is 1. The molecule has 1 atom stereocenters. The van der Waals surface area contributed by atoms with Crippen molar-refractivity contribution in [2.24, 2.45) is 0 Å². The van der Waals surface area contributed by atoms with E-state index in [1.54, 1.807) is 0 Å². The van der Waals surface area contributed by atoms with Gasteiger partial charge in [0, 0.05) is 12.1 Å². The normalized spacial score (nSPS) is 11.6. The summed E-state index contributed by atoms with van der Waals surface area (Å²) < 4.78 is 31.8. The zero-order valence-corrected chi connectivity index (χ0v) is 12.0. The van der Waals surface area contributed by atoms with Crippen LogP contribution in [-0.4, -0.2) is 16.9 Å². The van der Waals surface area contributed by atoms with Gasteiger partial charge in [-0.25, -0.2) is 8.78 Å². The van der Waals surface area contributed by atoms with Crippen LogP contribution in [0.3, 0.4) is 0 Å². The summed E-state index contributed by atoms with van der Waals surface area (Å²) in [6.45, 7) is 1.38. The molecule has 1 amide bonds. The maximum atomic E-state index is 13.5. The number of rotatable bonds is 5. The largest absolute Gasteiger partial charge is 0.481 e. The Morgan fingerprint density at radius 1 is 1.26 bits per heavy atom. The molecule has 1 N–H and O–H groups in total. The van der Waals surface area contributed by atoms with Crippen LogP contribution in [-0.2, 0) is 4.79 Å². The summed E-state index contributed by atoms with van der Waals surface area (Å²) in [4.78, 5) is 22.0. The maximum Gasteiger partial charge on any atom is 0.273 e. The zero-order chi connectivity index (χ0) is 17.0. The van der Waals surface area contributed by atoms with E-state index < -0.39 is 28.6 Å². The lowest BCUT2D eigenvalue weighted by Gasteiger charge is -2.15. The number of non-ortho nitro benzene ring substituents is 1. The molecule has 0 bridgehead atoms. The van der Waals surface area contributed by atoms with Gasteiger partial charge in [-0.3, -0.25) is 14.9 Å². The Hall–Kier alpha value is -3.03. The van der Waals surface area contributed by atoms with Crippen molar-refractivity contribution < 1.29 is 23.2 Å². The number of benzene rings is 2. The Bertz CT molecular complexity index is 752. The third-order valence-corrected chi connectivity index (χ3v) is 2.90. The van der Waals surface area contributed by atoms with Crippen molar-refractivity contribution in [1.82, 2.24) is 0 Å². The third-order valence-electron chi connectivity index (χ3n) is 2.90. The number of nitro benzene ring substituents is 1. The molecule has 2 rings (SSSR count). The van der Waals surface area contributed by atoms with Crippen LogP contribution in [0.2, 0.25) is 0 Å². The number of carbonyl (C=O) groups is 1. The molecule has 0 aliphatic carbocycles. The van der Waals surface area contributed by atoms with Gasteiger partial charge >= 0.3 is 0 Å². The number of halogens is 2. The Labute approximate surface area is 129 Å². The average Bonchev–Trinajstić information content (AvgIpc) is 2.51. The highest BCUT2D eigenvalue weighted by molar-refractivity contribution is 5.94. The van der Waals surface area contributed by atoms with Crippen molar-refractivity contribution in [3.8, 4) is 5.75 Å². The molecule has 0 fully saturated rings. The lowest BCUT2D eigenvalue weighted by atomic mass is 10.2. The monoisotopic (exact) mass is 322 g/mol. The number of hydrogen-bond acceptors (Lipinski definition) is 4. The molecule has 23 heavy (non-hydrogen) atoms. The molecule has 8 heteroatoms. The van der Waals surface area contributed by atoms with E-state index in [2.05, 4.69) is 5.32 Å². The van der Waals surface area contributed by atoms with E-state index in [4.69, 9.17) is 4.74 Å². The quantitative estimate of drug-likeness (QED) is 0.676. The highest BCUT2D eigenvalue weighted by atomic mass is 19.1. The smallest absolute Gasteiger partial charge is 0.273 e. The summed E-state index contributed by atoms with van der Waals surface area (Å²) in [5, 5.41) is 12.9. The maximum absolute atomic E-state index is 13.5. The summed E-state index contributed by atoms with van der Waals surface area (Å²) in [6.07, 6.45) is -1.07. The molecule has 0 radical (unpaired) electrons. The van der Waals surface area contributed by atoms with Gasteiger partial charge in [-0.2, -0.15) is 0 Å². The first-order valence-electron chi connectivity index (χ1n) is 6.54.